The quantitative estimate of drug-likeness (QED) is 0.907. The zero-order valence-corrected chi connectivity index (χ0v) is 11.7. The van der Waals surface area contributed by atoms with E-state index in [2.05, 4.69) is 10.4 Å². The summed E-state index contributed by atoms with van der Waals surface area (Å²) in [5.41, 5.74) is 2.43. The number of carbonyl (C=O) groups is 1. The molecule has 106 valence electrons. The molecule has 0 bridgehead atoms. The average molecular weight is 275 g/mol. The van der Waals surface area contributed by atoms with E-state index in [1.807, 2.05) is 24.6 Å². The van der Waals surface area contributed by atoms with Gasteiger partial charge in [-0.15, -0.1) is 0 Å². The molecule has 0 aliphatic carbocycles. The first kappa shape index (κ1) is 14.2. The number of rotatable bonds is 5. The number of hydrogen-bond acceptors (Lipinski definition) is 2. The van der Waals surface area contributed by atoms with Crippen molar-refractivity contribution >= 4 is 5.91 Å². The Balaban J connectivity index is 1.81. The van der Waals surface area contributed by atoms with Gasteiger partial charge >= 0.3 is 0 Å². The van der Waals surface area contributed by atoms with Gasteiger partial charge in [0, 0.05) is 12.2 Å². The van der Waals surface area contributed by atoms with Crippen molar-refractivity contribution in [3.8, 4) is 0 Å². The van der Waals surface area contributed by atoms with Gasteiger partial charge in [-0.05, 0) is 31.5 Å². The number of amides is 1. The molecule has 4 nitrogen and oxygen atoms in total. The third-order valence-electron chi connectivity index (χ3n) is 3.06. The molecule has 1 aromatic heterocycles. The van der Waals surface area contributed by atoms with Crippen LogP contribution >= 0.6 is 0 Å². The summed E-state index contributed by atoms with van der Waals surface area (Å²) in [4.78, 5) is 11.7. The molecule has 0 unspecified atom stereocenters. The van der Waals surface area contributed by atoms with Crippen LogP contribution < -0.4 is 5.32 Å². The van der Waals surface area contributed by atoms with Crippen LogP contribution in [0.2, 0.25) is 0 Å². The summed E-state index contributed by atoms with van der Waals surface area (Å²) in [7, 11) is 0. The fraction of sp³-hybridized carbons (Fsp3) is 0.333. The van der Waals surface area contributed by atoms with E-state index in [0.29, 0.717) is 18.7 Å². The van der Waals surface area contributed by atoms with Gasteiger partial charge in [0.15, 0.2) is 0 Å². The van der Waals surface area contributed by atoms with Gasteiger partial charge in [0.05, 0.1) is 18.7 Å². The van der Waals surface area contributed by atoms with Gasteiger partial charge in [-0.3, -0.25) is 9.48 Å². The summed E-state index contributed by atoms with van der Waals surface area (Å²) in [5.74, 6) is -0.530. The second-order valence-corrected chi connectivity index (χ2v) is 4.77. The van der Waals surface area contributed by atoms with Gasteiger partial charge in [0.1, 0.15) is 5.82 Å². The van der Waals surface area contributed by atoms with Crippen molar-refractivity contribution in [3.63, 3.8) is 0 Å². The summed E-state index contributed by atoms with van der Waals surface area (Å²) >= 11 is 0. The van der Waals surface area contributed by atoms with Gasteiger partial charge in [0.2, 0.25) is 5.91 Å². The lowest BCUT2D eigenvalue weighted by atomic mass is 10.1. The smallest absolute Gasteiger partial charge is 0.224 e. The van der Waals surface area contributed by atoms with E-state index in [4.69, 9.17) is 0 Å². The fourth-order valence-corrected chi connectivity index (χ4v) is 2.08. The number of nitrogens with one attached hydrogen (secondary N) is 1. The average Bonchev–Trinajstić information content (AvgIpc) is 2.71. The molecule has 0 spiro atoms. The maximum atomic E-state index is 13.4. The number of nitrogens with zero attached hydrogens (tertiary/aromatic N) is 2. The van der Waals surface area contributed by atoms with Gasteiger partial charge in [-0.25, -0.2) is 4.39 Å². The second-order valence-electron chi connectivity index (χ2n) is 4.77. The van der Waals surface area contributed by atoms with E-state index in [1.165, 1.54) is 6.07 Å². The highest BCUT2D eigenvalue weighted by atomic mass is 19.1. The van der Waals surface area contributed by atoms with E-state index >= 15 is 0 Å². The first-order chi connectivity index (χ1) is 9.56. The van der Waals surface area contributed by atoms with E-state index in [0.717, 1.165) is 11.4 Å². The number of aryl methyl sites for hydroxylation is 2. The normalized spacial score (nSPS) is 10.6. The van der Waals surface area contributed by atoms with Crippen LogP contribution in [0.3, 0.4) is 0 Å². The zero-order chi connectivity index (χ0) is 14.5. The van der Waals surface area contributed by atoms with Gasteiger partial charge in [-0.1, -0.05) is 18.2 Å². The van der Waals surface area contributed by atoms with E-state index in [1.54, 1.807) is 18.2 Å². The van der Waals surface area contributed by atoms with Crippen LogP contribution in [-0.4, -0.2) is 22.2 Å². The Labute approximate surface area is 117 Å². The molecule has 1 aromatic carbocycles. The molecule has 2 rings (SSSR count). The minimum Gasteiger partial charge on any atom is -0.354 e. The summed E-state index contributed by atoms with van der Waals surface area (Å²) in [5, 5.41) is 7.09. The number of carbonyl (C=O) groups excluding carboxylic acids is 1. The van der Waals surface area contributed by atoms with Crippen LogP contribution in [-0.2, 0) is 17.8 Å². The Bertz CT molecular complexity index is 607. The minimum atomic E-state index is -0.346. The lowest BCUT2D eigenvalue weighted by Gasteiger charge is -2.07. The van der Waals surface area contributed by atoms with Crippen molar-refractivity contribution in [1.82, 2.24) is 15.1 Å². The molecule has 0 aliphatic heterocycles. The van der Waals surface area contributed by atoms with E-state index in [9.17, 15) is 9.18 Å². The molecular formula is C15H18FN3O. The third kappa shape index (κ3) is 3.66. The molecule has 0 saturated heterocycles. The van der Waals surface area contributed by atoms with Crippen LogP contribution in [0.15, 0.2) is 30.3 Å². The summed E-state index contributed by atoms with van der Waals surface area (Å²) in [6.45, 7) is 5.00. The highest BCUT2D eigenvalue weighted by Gasteiger charge is 2.07. The maximum Gasteiger partial charge on any atom is 0.224 e. The maximum absolute atomic E-state index is 13.4. The molecule has 0 radical (unpaired) electrons. The Morgan fingerprint density at radius 3 is 2.75 bits per heavy atom. The third-order valence-corrected chi connectivity index (χ3v) is 3.06. The lowest BCUT2D eigenvalue weighted by Crippen LogP contribution is -2.29. The van der Waals surface area contributed by atoms with Crippen LogP contribution in [0.4, 0.5) is 4.39 Å². The Morgan fingerprint density at radius 1 is 1.35 bits per heavy atom. The molecule has 0 saturated carbocycles. The SMILES string of the molecule is Cc1cc(C)n(CCNC(=O)Cc2ccccc2F)n1. The van der Waals surface area contributed by atoms with Crippen molar-refractivity contribution in [2.75, 3.05) is 6.54 Å². The first-order valence-electron chi connectivity index (χ1n) is 6.57. The summed E-state index contributed by atoms with van der Waals surface area (Å²) in [6.07, 6.45) is 0.0593. The zero-order valence-electron chi connectivity index (χ0n) is 11.7. The van der Waals surface area contributed by atoms with Gasteiger partial charge < -0.3 is 5.32 Å². The van der Waals surface area contributed by atoms with E-state index in [-0.39, 0.29) is 18.1 Å². The summed E-state index contributed by atoms with van der Waals surface area (Å²) < 4.78 is 15.2. The minimum absolute atomic E-state index is 0.0593. The molecular weight excluding hydrogens is 257 g/mol. The predicted octanol–water partition coefficient (Wildman–Crippen LogP) is 2.00. The van der Waals surface area contributed by atoms with Crippen LogP contribution in [0.25, 0.3) is 0 Å². The monoisotopic (exact) mass is 275 g/mol. The molecule has 1 heterocycles. The van der Waals surface area contributed by atoms with Gasteiger partial charge in [-0.2, -0.15) is 5.10 Å². The largest absolute Gasteiger partial charge is 0.354 e. The van der Waals surface area contributed by atoms with Crippen LogP contribution in [0, 0.1) is 19.7 Å². The van der Waals surface area contributed by atoms with Crippen LogP contribution in [0.5, 0.6) is 0 Å². The Morgan fingerprint density at radius 2 is 2.10 bits per heavy atom. The highest BCUT2D eigenvalue weighted by molar-refractivity contribution is 5.78. The molecule has 1 amide bonds. The molecule has 0 fully saturated rings. The van der Waals surface area contributed by atoms with Crippen molar-refractivity contribution in [2.24, 2.45) is 0 Å². The second kappa shape index (κ2) is 6.32. The summed E-state index contributed by atoms with van der Waals surface area (Å²) in [6, 6.07) is 8.30. The number of halogens is 1. The number of aromatic nitrogens is 2. The molecule has 5 heteroatoms. The molecule has 1 N–H and O–H groups in total. The molecule has 20 heavy (non-hydrogen) atoms. The molecule has 0 aliphatic rings. The Hall–Kier alpha value is -2.17. The van der Waals surface area contributed by atoms with Crippen molar-refractivity contribution in [1.29, 1.82) is 0 Å². The number of hydrogen-bond donors (Lipinski definition) is 1. The highest BCUT2D eigenvalue weighted by Crippen LogP contribution is 2.06. The lowest BCUT2D eigenvalue weighted by molar-refractivity contribution is -0.120. The Kier molecular flexibility index (Phi) is 4.50. The van der Waals surface area contributed by atoms with Crippen molar-refractivity contribution in [3.05, 3.63) is 53.1 Å². The van der Waals surface area contributed by atoms with Crippen molar-refractivity contribution in [2.45, 2.75) is 26.8 Å². The predicted molar refractivity (Wildman–Crippen MR) is 74.8 cm³/mol. The first-order valence-corrected chi connectivity index (χ1v) is 6.57. The topological polar surface area (TPSA) is 46.9 Å². The molecule has 0 atom stereocenters. The van der Waals surface area contributed by atoms with Crippen molar-refractivity contribution < 1.29 is 9.18 Å². The van der Waals surface area contributed by atoms with Crippen LogP contribution in [0.1, 0.15) is 17.0 Å². The standard InChI is InChI=1S/C15H18FN3O/c1-11-9-12(2)19(18-11)8-7-17-15(20)10-13-5-3-4-6-14(13)16/h3-6,9H,7-8,10H2,1-2H3,(H,17,20). The van der Waals surface area contributed by atoms with Gasteiger partial charge in [0.25, 0.3) is 0 Å². The fourth-order valence-electron chi connectivity index (χ4n) is 2.08. The van der Waals surface area contributed by atoms with E-state index < -0.39 is 0 Å². The molecule has 2 aromatic rings. The number of benzene rings is 1.